The SMILES string of the molecule is O=C(Nc1c[nH]c2cc(F)c(F)cc12)c1ccc(CN2CC(F)C2)c(F)c1. The van der Waals surface area contributed by atoms with Crippen LogP contribution in [0.1, 0.15) is 15.9 Å². The van der Waals surface area contributed by atoms with Gasteiger partial charge in [-0.05, 0) is 18.2 Å². The lowest BCUT2D eigenvalue weighted by molar-refractivity contribution is 0.0582. The van der Waals surface area contributed by atoms with Crippen molar-refractivity contribution in [3.05, 3.63) is 65.1 Å². The fraction of sp³-hybridized carbons (Fsp3) is 0.211. The van der Waals surface area contributed by atoms with Crippen LogP contribution in [0.4, 0.5) is 23.2 Å². The molecule has 1 amide bonds. The molecule has 2 heterocycles. The van der Waals surface area contributed by atoms with Gasteiger partial charge in [0.05, 0.1) is 11.2 Å². The third-order valence-electron chi connectivity index (χ3n) is 4.59. The van der Waals surface area contributed by atoms with Crippen molar-refractivity contribution in [2.45, 2.75) is 12.7 Å². The largest absolute Gasteiger partial charge is 0.359 e. The zero-order valence-corrected chi connectivity index (χ0v) is 14.0. The highest BCUT2D eigenvalue weighted by Gasteiger charge is 2.26. The average molecular weight is 377 g/mol. The Balaban J connectivity index is 1.51. The molecule has 2 N–H and O–H groups in total. The zero-order chi connectivity index (χ0) is 19.1. The fourth-order valence-corrected chi connectivity index (χ4v) is 3.11. The van der Waals surface area contributed by atoms with Crippen molar-refractivity contribution in [3.63, 3.8) is 0 Å². The van der Waals surface area contributed by atoms with E-state index in [-0.39, 0.29) is 30.9 Å². The molecule has 27 heavy (non-hydrogen) atoms. The van der Waals surface area contributed by atoms with Gasteiger partial charge in [-0.15, -0.1) is 0 Å². The van der Waals surface area contributed by atoms with Gasteiger partial charge in [0.25, 0.3) is 5.91 Å². The number of hydrogen-bond acceptors (Lipinski definition) is 2. The molecule has 1 saturated heterocycles. The van der Waals surface area contributed by atoms with Crippen LogP contribution in [0.3, 0.4) is 0 Å². The number of benzene rings is 2. The van der Waals surface area contributed by atoms with E-state index in [1.165, 1.54) is 18.3 Å². The van der Waals surface area contributed by atoms with E-state index in [0.717, 1.165) is 18.2 Å². The lowest BCUT2D eigenvalue weighted by Gasteiger charge is -2.34. The number of fused-ring (bicyclic) bond motifs is 1. The van der Waals surface area contributed by atoms with Crippen LogP contribution in [-0.2, 0) is 6.54 Å². The number of alkyl halides is 1. The fourth-order valence-electron chi connectivity index (χ4n) is 3.11. The Kier molecular flexibility index (Phi) is 4.35. The summed E-state index contributed by atoms with van der Waals surface area (Å²) in [4.78, 5) is 16.9. The second-order valence-corrected chi connectivity index (χ2v) is 6.57. The number of carbonyl (C=O) groups excluding carboxylic acids is 1. The second kappa shape index (κ2) is 6.70. The second-order valence-electron chi connectivity index (χ2n) is 6.57. The van der Waals surface area contributed by atoms with E-state index in [4.69, 9.17) is 0 Å². The van der Waals surface area contributed by atoms with E-state index in [1.807, 2.05) is 0 Å². The number of nitrogens with zero attached hydrogens (tertiary/aromatic N) is 1. The predicted octanol–water partition coefficient (Wildman–Crippen LogP) is 3.99. The van der Waals surface area contributed by atoms with Crippen LogP contribution < -0.4 is 5.32 Å². The Morgan fingerprint density at radius 1 is 1.11 bits per heavy atom. The molecule has 1 aromatic heterocycles. The standard InChI is InChI=1S/C19H15F4N3O/c20-12-8-26(9-12)7-11-2-1-10(3-14(11)21)19(27)25-18-6-24-17-5-16(23)15(22)4-13(17)18/h1-6,12,24H,7-9H2,(H,25,27). The van der Waals surface area contributed by atoms with Crippen molar-refractivity contribution in [3.8, 4) is 0 Å². The molecule has 0 radical (unpaired) electrons. The van der Waals surface area contributed by atoms with Crippen LogP contribution in [0.15, 0.2) is 36.5 Å². The molecule has 1 aliphatic heterocycles. The van der Waals surface area contributed by atoms with Crippen molar-refractivity contribution < 1.29 is 22.4 Å². The summed E-state index contributed by atoms with van der Waals surface area (Å²) in [6.45, 7) is 0.834. The van der Waals surface area contributed by atoms with Gasteiger partial charge in [0.2, 0.25) is 0 Å². The summed E-state index contributed by atoms with van der Waals surface area (Å²) in [6, 6.07) is 6.03. The Bertz CT molecular complexity index is 1030. The van der Waals surface area contributed by atoms with Crippen LogP contribution in [0.5, 0.6) is 0 Å². The molecule has 3 aromatic rings. The number of likely N-dealkylation sites (tertiary alicyclic amines) is 1. The van der Waals surface area contributed by atoms with Crippen LogP contribution in [-0.4, -0.2) is 35.1 Å². The number of rotatable bonds is 4. The van der Waals surface area contributed by atoms with Crippen molar-refractivity contribution in [2.75, 3.05) is 18.4 Å². The number of carbonyl (C=O) groups is 1. The van der Waals surface area contributed by atoms with Gasteiger partial charge in [-0.1, -0.05) is 6.07 Å². The summed E-state index contributed by atoms with van der Waals surface area (Å²) in [5.41, 5.74) is 1.04. The summed E-state index contributed by atoms with van der Waals surface area (Å²) in [5, 5.41) is 2.86. The summed E-state index contributed by atoms with van der Waals surface area (Å²) >= 11 is 0. The smallest absolute Gasteiger partial charge is 0.255 e. The first-order chi connectivity index (χ1) is 12.9. The lowest BCUT2D eigenvalue weighted by atomic mass is 10.1. The molecule has 8 heteroatoms. The molecule has 4 nitrogen and oxygen atoms in total. The van der Waals surface area contributed by atoms with Crippen molar-refractivity contribution >= 4 is 22.5 Å². The molecule has 1 fully saturated rings. The molecule has 0 bridgehead atoms. The highest BCUT2D eigenvalue weighted by atomic mass is 19.2. The van der Waals surface area contributed by atoms with E-state index >= 15 is 0 Å². The van der Waals surface area contributed by atoms with E-state index in [0.29, 0.717) is 16.5 Å². The highest BCUT2D eigenvalue weighted by molar-refractivity contribution is 6.09. The number of halogens is 4. The number of amides is 1. The summed E-state index contributed by atoms with van der Waals surface area (Å²) in [6.07, 6.45) is 0.538. The number of nitrogens with one attached hydrogen (secondary N) is 2. The topological polar surface area (TPSA) is 48.1 Å². The first kappa shape index (κ1) is 17.5. The Labute approximate surface area is 151 Å². The molecule has 0 atom stereocenters. The third-order valence-corrected chi connectivity index (χ3v) is 4.59. The molecule has 0 unspecified atom stereocenters. The van der Waals surface area contributed by atoms with Gasteiger partial charge < -0.3 is 10.3 Å². The van der Waals surface area contributed by atoms with E-state index in [1.54, 1.807) is 4.90 Å². The number of H-pyrrole nitrogens is 1. The number of aromatic nitrogens is 1. The number of hydrogen-bond donors (Lipinski definition) is 2. The first-order valence-corrected chi connectivity index (χ1v) is 8.33. The van der Waals surface area contributed by atoms with Gasteiger partial charge >= 0.3 is 0 Å². The van der Waals surface area contributed by atoms with Crippen molar-refractivity contribution in [2.24, 2.45) is 0 Å². The van der Waals surface area contributed by atoms with Crippen LogP contribution in [0.25, 0.3) is 10.9 Å². The van der Waals surface area contributed by atoms with Gasteiger partial charge in [-0.2, -0.15) is 0 Å². The maximum atomic E-state index is 14.3. The Morgan fingerprint density at radius 3 is 2.56 bits per heavy atom. The van der Waals surface area contributed by atoms with Crippen molar-refractivity contribution in [1.29, 1.82) is 0 Å². The predicted molar refractivity (Wildman–Crippen MR) is 92.7 cm³/mol. The van der Waals surface area contributed by atoms with Crippen LogP contribution in [0.2, 0.25) is 0 Å². The Hall–Kier alpha value is -2.87. The van der Waals surface area contributed by atoms with Gasteiger partial charge in [-0.3, -0.25) is 9.69 Å². The van der Waals surface area contributed by atoms with Gasteiger partial charge in [0.1, 0.15) is 12.0 Å². The average Bonchev–Trinajstić information content (AvgIpc) is 2.97. The molecular weight excluding hydrogens is 362 g/mol. The molecule has 0 aliphatic carbocycles. The quantitative estimate of drug-likeness (QED) is 0.676. The molecule has 140 valence electrons. The van der Waals surface area contributed by atoms with E-state index in [9.17, 15) is 22.4 Å². The maximum absolute atomic E-state index is 14.3. The van der Waals surface area contributed by atoms with Gasteiger partial charge in [0, 0.05) is 48.4 Å². The summed E-state index contributed by atoms with van der Waals surface area (Å²) < 4.78 is 53.8. The van der Waals surface area contributed by atoms with Crippen molar-refractivity contribution in [1.82, 2.24) is 9.88 Å². The maximum Gasteiger partial charge on any atom is 0.255 e. The molecule has 0 saturated carbocycles. The molecule has 0 spiro atoms. The Morgan fingerprint density at radius 2 is 1.85 bits per heavy atom. The first-order valence-electron chi connectivity index (χ1n) is 8.33. The monoisotopic (exact) mass is 377 g/mol. The lowest BCUT2D eigenvalue weighted by Crippen LogP contribution is -2.47. The minimum absolute atomic E-state index is 0.0835. The number of aromatic amines is 1. The van der Waals surface area contributed by atoms with Gasteiger partial charge in [-0.25, -0.2) is 17.6 Å². The van der Waals surface area contributed by atoms with E-state index < -0.39 is 29.5 Å². The van der Waals surface area contributed by atoms with Crippen LogP contribution >= 0.6 is 0 Å². The van der Waals surface area contributed by atoms with Gasteiger partial charge in [0.15, 0.2) is 11.6 Å². The summed E-state index contributed by atoms with van der Waals surface area (Å²) in [7, 11) is 0. The molecule has 2 aromatic carbocycles. The number of anilines is 1. The summed E-state index contributed by atoms with van der Waals surface area (Å²) in [5.74, 6) is -3.17. The minimum atomic E-state index is -1.03. The molecule has 1 aliphatic rings. The van der Waals surface area contributed by atoms with Crippen LogP contribution in [0, 0.1) is 17.5 Å². The zero-order valence-electron chi connectivity index (χ0n) is 14.0. The molecular formula is C19H15F4N3O. The normalized spacial score (nSPS) is 15.1. The third kappa shape index (κ3) is 3.40. The molecule has 4 rings (SSSR count). The minimum Gasteiger partial charge on any atom is -0.359 e. The van der Waals surface area contributed by atoms with E-state index in [2.05, 4.69) is 10.3 Å². The highest BCUT2D eigenvalue weighted by Crippen LogP contribution is 2.26.